The quantitative estimate of drug-likeness (QED) is 0.261. The monoisotopic (exact) mass is 525 g/mol. The molecule has 10 heteroatoms. The highest BCUT2D eigenvalue weighted by molar-refractivity contribution is 6.02. The molecule has 0 aliphatic carbocycles. The topological polar surface area (TPSA) is 129 Å². The van der Waals surface area contributed by atoms with Gasteiger partial charge in [-0.05, 0) is 36.4 Å². The van der Waals surface area contributed by atoms with Gasteiger partial charge in [0, 0.05) is 48.4 Å². The Morgan fingerprint density at radius 2 is 1.85 bits per heavy atom. The summed E-state index contributed by atoms with van der Waals surface area (Å²) in [6.07, 6.45) is 0.486. The Morgan fingerprint density at radius 3 is 2.64 bits per heavy atom. The summed E-state index contributed by atoms with van der Waals surface area (Å²) in [4.78, 5) is 17.8. The number of carboxylic acid groups (broad SMARTS) is 1. The summed E-state index contributed by atoms with van der Waals surface area (Å²) >= 11 is 0. The first-order valence-electron chi connectivity index (χ1n) is 12.5. The number of benzene rings is 3. The number of anilines is 3. The van der Waals surface area contributed by atoms with Crippen LogP contribution in [0, 0.1) is 11.3 Å². The summed E-state index contributed by atoms with van der Waals surface area (Å²) in [5.74, 6) is 2.18. The second-order valence-corrected chi connectivity index (χ2v) is 8.82. The molecule has 4 aromatic rings. The van der Waals surface area contributed by atoms with Gasteiger partial charge in [0.05, 0.1) is 24.5 Å². The van der Waals surface area contributed by atoms with Gasteiger partial charge >= 0.3 is 6.09 Å². The number of morpholine rings is 1. The Labute approximate surface area is 225 Å². The molecule has 1 fully saturated rings. The molecule has 0 radical (unpaired) electrons. The van der Waals surface area contributed by atoms with Gasteiger partial charge in [-0.2, -0.15) is 5.26 Å². The number of hydrogen-bond donors (Lipinski definition) is 3. The maximum absolute atomic E-state index is 11.2. The lowest BCUT2D eigenvalue weighted by Gasteiger charge is -2.26. The Balaban J connectivity index is 1.27. The predicted molar refractivity (Wildman–Crippen MR) is 147 cm³/mol. The van der Waals surface area contributed by atoms with E-state index in [2.05, 4.69) is 26.6 Å². The Hall–Kier alpha value is -4.85. The van der Waals surface area contributed by atoms with Crippen molar-refractivity contribution < 1.29 is 24.1 Å². The van der Waals surface area contributed by atoms with Gasteiger partial charge in [-0.3, -0.25) is 10.2 Å². The molecule has 0 unspecified atom stereocenters. The number of amides is 1. The van der Waals surface area contributed by atoms with Gasteiger partial charge in [0.2, 0.25) is 0 Å². The van der Waals surface area contributed by atoms with Crippen molar-refractivity contribution in [2.75, 3.05) is 50.1 Å². The Kier molecular flexibility index (Phi) is 8.02. The molecule has 1 aromatic heterocycles. The van der Waals surface area contributed by atoms with E-state index in [0.717, 1.165) is 43.6 Å². The van der Waals surface area contributed by atoms with Crippen LogP contribution in [0.1, 0.15) is 5.56 Å². The first-order valence-corrected chi connectivity index (χ1v) is 12.5. The molecule has 3 aromatic carbocycles. The summed E-state index contributed by atoms with van der Waals surface area (Å²) < 4.78 is 17.4. The van der Waals surface area contributed by atoms with Crippen LogP contribution >= 0.6 is 0 Å². The predicted octanol–water partition coefficient (Wildman–Crippen LogP) is 5.44. The van der Waals surface area contributed by atoms with Crippen molar-refractivity contribution in [3.63, 3.8) is 0 Å². The third kappa shape index (κ3) is 6.54. The molecule has 198 valence electrons. The third-order valence-corrected chi connectivity index (χ3v) is 6.23. The fraction of sp³-hybridized carbons (Fsp3) is 0.207. The lowest BCUT2D eigenvalue weighted by molar-refractivity contribution is 0.0322. The van der Waals surface area contributed by atoms with E-state index in [4.69, 9.17) is 19.3 Å². The van der Waals surface area contributed by atoms with Gasteiger partial charge < -0.3 is 24.6 Å². The van der Waals surface area contributed by atoms with Crippen LogP contribution in [0.4, 0.5) is 22.0 Å². The number of hydrogen-bond acceptors (Lipinski definition) is 8. The second-order valence-electron chi connectivity index (χ2n) is 8.82. The number of nitriles is 1. The van der Waals surface area contributed by atoms with Crippen molar-refractivity contribution in [1.82, 2.24) is 9.88 Å². The summed E-state index contributed by atoms with van der Waals surface area (Å²) in [6.45, 7) is 4.51. The minimum absolute atomic E-state index is 0.427. The molecule has 0 spiro atoms. The van der Waals surface area contributed by atoms with Crippen LogP contribution in [0.3, 0.4) is 0 Å². The molecule has 2 heterocycles. The standard InChI is InChI=1S/C29H27N5O5/c30-19-20-17-21(5-7-26(20)38-16-13-34-11-14-37-15-12-34)32-28-18-22(9-10-31-28)39-27-8-6-25(33-29(35)36)23-3-1-2-4-24(23)27/h1-10,17-18,33H,11-16H2,(H,31,32)(H,35,36). The van der Waals surface area contributed by atoms with Crippen LogP contribution in [-0.4, -0.2) is 60.5 Å². The van der Waals surface area contributed by atoms with Gasteiger partial charge in [-0.1, -0.05) is 24.3 Å². The van der Waals surface area contributed by atoms with E-state index in [-0.39, 0.29) is 0 Å². The SMILES string of the molecule is N#Cc1cc(Nc2cc(Oc3ccc(NC(=O)O)c4ccccc34)ccn2)ccc1OCCN1CCOCC1. The summed E-state index contributed by atoms with van der Waals surface area (Å²) in [7, 11) is 0. The van der Waals surface area contributed by atoms with Crippen LogP contribution in [0.2, 0.25) is 0 Å². The van der Waals surface area contributed by atoms with E-state index >= 15 is 0 Å². The molecule has 39 heavy (non-hydrogen) atoms. The molecule has 0 atom stereocenters. The Bertz CT molecular complexity index is 1510. The first kappa shape index (κ1) is 25.8. The number of fused-ring (bicyclic) bond motifs is 1. The summed E-state index contributed by atoms with van der Waals surface area (Å²) in [6, 6.07) is 21.8. The van der Waals surface area contributed by atoms with Crippen LogP contribution in [0.15, 0.2) is 72.9 Å². The van der Waals surface area contributed by atoms with E-state index < -0.39 is 6.09 Å². The maximum atomic E-state index is 11.2. The average Bonchev–Trinajstić information content (AvgIpc) is 2.95. The average molecular weight is 526 g/mol. The van der Waals surface area contributed by atoms with E-state index in [1.54, 1.807) is 42.6 Å². The molecule has 1 aliphatic heterocycles. The third-order valence-electron chi connectivity index (χ3n) is 6.23. The molecule has 0 saturated carbocycles. The van der Waals surface area contributed by atoms with Crippen LogP contribution < -0.4 is 20.1 Å². The fourth-order valence-corrected chi connectivity index (χ4v) is 4.33. The van der Waals surface area contributed by atoms with Crippen molar-refractivity contribution in [3.05, 3.63) is 78.5 Å². The molecule has 1 amide bonds. The van der Waals surface area contributed by atoms with Crippen molar-refractivity contribution in [2.45, 2.75) is 0 Å². The summed E-state index contributed by atoms with van der Waals surface area (Å²) in [5, 5.41) is 25.9. The number of nitrogens with one attached hydrogen (secondary N) is 2. The number of pyridine rings is 1. The zero-order valence-electron chi connectivity index (χ0n) is 21.1. The molecule has 3 N–H and O–H groups in total. The van der Waals surface area contributed by atoms with Crippen LogP contribution in [-0.2, 0) is 4.74 Å². The second kappa shape index (κ2) is 12.1. The summed E-state index contributed by atoms with van der Waals surface area (Å²) in [5.41, 5.74) is 1.59. The first-order chi connectivity index (χ1) is 19.1. The number of carbonyl (C=O) groups is 1. The van der Waals surface area contributed by atoms with Crippen molar-refractivity contribution >= 4 is 34.1 Å². The highest BCUT2D eigenvalue weighted by Crippen LogP contribution is 2.35. The van der Waals surface area contributed by atoms with Gasteiger partial charge in [0.15, 0.2) is 0 Å². The van der Waals surface area contributed by atoms with E-state index in [1.807, 2.05) is 30.3 Å². The zero-order chi connectivity index (χ0) is 27.0. The minimum atomic E-state index is -1.13. The number of aromatic nitrogens is 1. The number of nitrogens with zero attached hydrogens (tertiary/aromatic N) is 3. The minimum Gasteiger partial charge on any atom is -0.491 e. The molecule has 10 nitrogen and oxygen atoms in total. The van der Waals surface area contributed by atoms with Crippen LogP contribution in [0.5, 0.6) is 17.2 Å². The molecule has 1 aliphatic rings. The van der Waals surface area contributed by atoms with Crippen molar-refractivity contribution in [2.24, 2.45) is 0 Å². The largest absolute Gasteiger partial charge is 0.491 e. The molecule has 5 rings (SSSR count). The van der Waals surface area contributed by atoms with Crippen molar-refractivity contribution in [1.29, 1.82) is 5.26 Å². The number of rotatable bonds is 9. The van der Waals surface area contributed by atoms with Gasteiger partial charge in [-0.25, -0.2) is 9.78 Å². The van der Waals surface area contributed by atoms with Gasteiger partial charge in [0.1, 0.15) is 35.7 Å². The van der Waals surface area contributed by atoms with E-state index in [1.165, 1.54) is 0 Å². The van der Waals surface area contributed by atoms with Gasteiger partial charge in [-0.15, -0.1) is 0 Å². The molecule has 1 saturated heterocycles. The van der Waals surface area contributed by atoms with E-state index in [9.17, 15) is 10.1 Å². The van der Waals surface area contributed by atoms with Crippen molar-refractivity contribution in [3.8, 4) is 23.3 Å². The normalized spacial score (nSPS) is 13.4. The Morgan fingerprint density at radius 1 is 1.05 bits per heavy atom. The molecular formula is C29H27N5O5. The zero-order valence-corrected chi connectivity index (χ0v) is 21.1. The number of ether oxygens (including phenoxy) is 3. The fourth-order valence-electron chi connectivity index (χ4n) is 4.33. The highest BCUT2D eigenvalue weighted by atomic mass is 16.5. The molecule has 0 bridgehead atoms. The highest BCUT2D eigenvalue weighted by Gasteiger charge is 2.13. The molecular weight excluding hydrogens is 498 g/mol. The maximum Gasteiger partial charge on any atom is 0.409 e. The van der Waals surface area contributed by atoms with E-state index in [0.29, 0.717) is 46.6 Å². The van der Waals surface area contributed by atoms with Crippen LogP contribution in [0.25, 0.3) is 10.8 Å². The lowest BCUT2D eigenvalue weighted by Crippen LogP contribution is -2.38. The lowest BCUT2D eigenvalue weighted by atomic mass is 10.1. The smallest absolute Gasteiger partial charge is 0.409 e. The van der Waals surface area contributed by atoms with Gasteiger partial charge in [0.25, 0.3) is 0 Å².